The zero-order chi connectivity index (χ0) is 32.8. The van der Waals surface area contributed by atoms with Crippen molar-refractivity contribution in [1.82, 2.24) is 19.9 Å². The van der Waals surface area contributed by atoms with E-state index in [0.29, 0.717) is 36.3 Å². The minimum Gasteiger partial charge on any atom is -0.463 e. The highest BCUT2D eigenvalue weighted by molar-refractivity contribution is 7.23. The molecule has 0 unspecified atom stereocenters. The number of aromatic nitrogens is 3. The molecule has 1 fully saturated rings. The van der Waals surface area contributed by atoms with Gasteiger partial charge in [-0.25, -0.2) is 18.6 Å². The predicted molar refractivity (Wildman–Crippen MR) is 168 cm³/mol. The Balaban J connectivity index is 1.41. The third-order valence-corrected chi connectivity index (χ3v) is 8.77. The first-order valence-corrected chi connectivity index (χ1v) is 15.7. The Kier molecular flexibility index (Phi) is 8.53. The van der Waals surface area contributed by atoms with Crippen LogP contribution in [-0.4, -0.2) is 71.0 Å². The average molecular weight is 653 g/mol. The lowest BCUT2D eigenvalue weighted by Crippen LogP contribution is -2.43. The van der Waals surface area contributed by atoms with Gasteiger partial charge in [-0.2, -0.15) is 10.2 Å². The Morgan fingerprint density at radius 1 is 1.11 bits per heavy atom. The number of ether oxygens (including phenoxy) is 4. The van der Waals surface area contributed by atoms with Crippen LogP contribution >= 0.6 is 11.3 Å². The molecule has 0 radical (unpaired) electrons. The zero-order valence-electron chi connectivity index (χ0n) is 26.3. The number of hydrogen-bond donors (Lipinski definition) is 1. The highest BCUT2D eigenvalue weighted by Crippen LogP contribution is 2.45. The van der Waals surface area contributed by atoms with E-state index in [1.807, 2.05) is 6.07 Å². The highest BCUT2D eigenvalue weighted by atomic mass is 32.1. The zero-order valence-corrected chi connectivity index (χ0v) is 27.1. The number of morpholine rings is 1. The summed E-state index contributed by atoms with van der Waals surface area (Å²) in [6.07, 6.45) is 1.69. The fourth-order valence-corrected chi connectivity index (χ4v) is 6.77. The number of amides is 1. The lowest BCUT2D eigenvalue weighted by atomic mass is 9.93. The number of carbonyl (C=O) groups is 1. The van der Waals surface area contributed by atoms with Gasteiger partial charge in [-0.05, 0) is 31.9 Å². The van der Waals surface area contributed by atoms with E-state index in [1.165, 1.54) is 6.20 Å². The number of pyridine rings is 1. The molecule has 14 heteroatoms. The Morgan fingerprint density at radius 2 is 1.85 bits per heavy atom. The summed E-state index contributed by atoms with van der Waals surface area (Å²) in [5.74, 6) is -1.44. The summed E-state index contributed by atoms with van der Waals surface area (Å²) < 4.78 is 54.4. The molecule has 0 saturated carbocycles. The topological polar surface area (TPSA) is 132 Å². The minimum absolute atomic E-state index is 0.00430. The van der Waals surface area contributed by atoms with Crippen LogP contribution in [0, 0.1) is 28.4 Å². The second kappa shape index (κ2) is 12.3. The maximum Gasteiger partial charge on any atom is 0.412 e. The smallest absolute Gasteiger partial charge is 0.412 e. The molecule has 242 valence electrons. The first kappa shape index (κ1) is 31.9. The van der Waals surface area contributed by atoms with Gasteiger partial charge < -0.3 is 18.9 Å². The number of nitriles is 1. The number of nitrogens with one attached hydrogen (secondary N) is 1. The lowest BCUT2D eigenvalue weighted by Gasteiger charge is -2.34. The molecular formula is C32H34F2N6O5S. The summed E-state index contributed by atoms with van der Waals surface area (Å²) in [6, 6.07) is 2.06. The van der Waals surface area contributed by atoms with Crippen LogP contribution in [0.5, 0.6) is 6.01 Å². The molecule has 0 bridgehead atoms. The predicted octanol–water partition coefficient (Wildman–Crippen LogP) is 6.17. The Morgan fingerprint density at radius 3 is 2.57 bits per heavy atom. The van der Waals surface area contributed by atoms with Gasteiger partial charge in [0.25, 0.3) is 0 Å². The van der Waals surface area contributed by atoms with E-state index in [2.05, 4.69) is 39.0 Å². The van der Waals surface area contributed by atoms with Gasteiger partial charge in [0, 0.05) is 47.6 Å². The average Bonchev–Trinajstić information content (AvgIpc) is 3.62. The van der Waals surface area contributed by atoms with Crippen LogP contribution in [0.1, 0.15) is 51.3 Å². The molecule has 0 aliphatic carbocycles. The molecule has 1 N–H and O–H groups in total. The molecule has 11 nitrogen and oxygen atoms in total. The number of rotatable bonds is 7. The van der Waals surface area contributed by atoms with Crippen LogP contribution in [0.15, 0.2) is 12.4 Å². The lowest BCUT2D eigenvalue weighted by molar-refractivity contribution is 0.0125. The molecule has 2 aliphatic rings. The van der Waals surface area contributed by atoms with Gasteiger partial charge in [0.15, 0.2) is 11.6 Å². The van der Waals surface area contributed by atoms with Crippen LogP contribution < -0.4 is 10.1 Å². The molecular weight excluding hydrogens is 618 g/mol. The molecule has 5 heterocycles. The van der Waals surface area contributed by atoms with Gasteiger partial charge in [0.1, 0.15) is 22.2 Å². The van der Waals surface area contributed by atoms with Crippen LogP contribution in [0.25, 0.3) is 32.2 Å². The Hall–Kier alpha value is -4.03. The molecule has 1 saturated heterocycles. The van der Waals surface area contributed by atoms with Crippen molar-refractivity contribution in [2.75, 3.05) is 44.8 Å². The third kappa shape index (κ3) is 6.32. The van der Waals surface area contributed by atoms with E-state index < -0.39 is 23.3 Å². The van der Waals surface area contributed by atoms with Crippen molar-refractivity contribution in [1.29, 1.82) is 5.26 Å². The Bertz CT molecular complexity index is 1880. The number of anilines is 1. The quantitative estimate of drug-likeness (QED) is 0.247. The van der Waals surface area contributed by atoms with Crippen molar-refractivity contribution in [3.63, 3.8) is 0 Å². The van der Waals surface area contributed by atoms with E-state index in [9.17, 15) is 10.1 Å². The second-order valence-corrected chi connectivity index (χ2v) is 14.1. The largest absolute Gasteiger partial charge is 0.463 e. The first-order chi connectivity index (χ1) is 21.8. The monoisotopic (exact) mass is 652 g/mol. The van der Waals surface area contributed by atoms with E-state index in [-0.39, 0.29) is 62.1 Å². The van der Waals surface area contributed by atoms with Crippen LogP contribution in [0.2, 0.25) is 0 Å². The van der Waals surface area contributed by atoms with Crippen molar-refractivity contribution in [3.05, 3.63) is 40.7 Å². The molecule has 0 atom stereocenters. The minimum atomic E-state index is -0.811. The van der Waals surface area contributed by atoms with Gasteiger partial charge in [-0.1, -0.05) is 13.8 Å². The van der Waals surface area contributed by atoms with Gasteiger partial charge in [0.05, 0.1) is 55.2 Å². The van der Waals surface area contributed by atoms with Gasteiger partial charge >= 0.3 is 12.1 Å². The van der Waals surface area contributed by atoms with E-state index in [0.717, 1.165) is 37.2 Å². The van der Waals surface area contributed by atoms with Gasteiger partial charge in [-0.15, -0.1) is 11.3 Å². The molecule has 4 aromatic rings. The number of carbonyl (C=O) groups excluding carboxylic acids is 1. The standard InChI is InChI=1S/C32H34F2N6O5S/c1-31(2,3)45-30(41)39-28-17(10-35)23-26(36-12-21(33)27(23)46-28)22-20-14-43-13-19(20)18-11-37-29(38-25(18)24(22)34)44-16-32(4,5)15-40-6-8-42-9-7-40/h11-12H,6-9,13-16H2,1-5H3,(H,39,41). The van der Waals surface area contributed by atoms with Crippen molar-refractivity contribution in [2.24, 2.45) is 5.41 Å². The number of hydrogen-bond acceptors (Lipinski definition) is 11. The highest BCUT2D eigenvalue weighted by Gasteiger charge is 2.31. The molecule has 2 aliphatic heterocycles. The van der Waals surface area contributed by atoms with E-state index >= 15 is 8.78 Å². The van der Waals surface area contributed by atoms with Crippen molar-refractivity contribution >= 4 is 43.4 Å². The third-order valence-electron chi connectivity index (χ3n) is 7.66. The maximum absolute atomic E-state index is 16.7. The number of benzene rings is 1. The van der Waals surface area contributed by atoms with Crippen molar-refractivity contribution in [2.45, 2.75) is 53.4 Å². The fraction of sp³-hybridized carbons (Fsp3) is 0.469. The summed E-state index contributed by atoms with van der Waals surface area (Å²) in [7, 11) is 0. The molecule has 46 heavy (non-hydrogen) atoms. The summed E-state index contributed by atoms with van der Waals surface area (Å²) >= 11 is 0.845. The fourth-order valence-electron chi connectivity index (χ4n) is 5.73. The maximum atomic E-state index is 16.7. The number of fused-ring (bicyclic) bond motifs is 4. The first-order valence-electron chi connectivity index (χ1n) is 14.9. The molecule has 3 aromatic heterocycles. The molecule has 6 rings (SSSR count). The summed E-state index contributed by atoms with van der Waals surface area (Å²) in [5, 5.41) is 13.3. The summed E-state index contributed by atoms with van der Waals surface area (Å²) in [6.45, 7) is 13.7. The SMILES string of the molecule is CC(C)(COc1ncc2c3c(c(-c4ncc(F)c5sc(NC(=O)OC(C)(C)C)c(C#N)c45)c(F)c2n1)COC3)CN1CCOCC1. The summed E-state index contributed by atoms with van der Waals surface area (Å²) in [5.41, 5.74) is 0.146. The number of halogens is 2. The van der Waals surface area contributed by atoms with Gasteiger partial charge in [-0.3, -0.25) is 15.2 Å². The summed E-state index contributed by atoms with van der Waals surface area (Å²) in [4.78, 5) is 28.0. The van der Waals surface area contributed by atoms with Crippen molar-refractivity contribution < 1.29 is 32.5 Å². The normalized spacial score (nSPS) is 15.6. The van der Waals surface area contributed by atoms with Crippen LogP contribution in [0.4, 0.5) is 18.6 Å². The van der Waals surface area contributed by atoms with Crippen LogP contribution in [0.3, 0.4) is 0 Å². The molecule has 0 spiro atoms. The number of nitrogens with zero attached hydrogens (tertiary/aromatic N) is 5. The molecule has 1 aromatic carbocycles. The van der Waals surface area contributed by atoms with E-state index in [4.69, 9.17) is 18.9 Å². The van der Waals surface area contributed by atoms with Crippen molar-refractivity contribution in [3.8, 4) is 23.3 Å². The van der Waals surface area contributed by atoms with Crippen LogP contribution in [-0.2, 0) is 27.4 Å². The second-order valence-electron chi connectivity index (χ2n) is 13.1. The van der Waals surface area contributed by atoms with Gasteiger partial charge in [0.2, 0.25) is 0 Å². The Labute approximate surface area is 268 Å². The number of thiophene rings is 1. The van der Waals surface area contributed by atoms with E-state index in [1.54, 1.807) is 20.8 Å². The molecule has 1 amide bonds.